The van der Waals surface area contributed by atoms with Crippen LogP contribution < -0.4 is 10.6 Å². The van der Waals surface area contributed by atoms with E-state index in [1.165, 1.54) is 90.4 Å². The average Bonchev–Trinajstić information content (AvgIpc) is 3.33. The molecule has 0 fully saturated rings. The van der Waals surface area contributed by atoms with Crippen LogP contribution in [0.15, 0.2) is 0 Å². The fourth-order valence-corrected chi connectivity index (χ4v) is 7.78. The molecule has 0 unspecified atom stereocenters. The van der Waals surface area contributed by atoms with Gasteiger partial charge >= 0.3 is 17.9 Å². The summed E-state index contributed by atoms with van der Waals surface area (Å²) in [4.78, 5) is 104. The van der Waals surface area contributed by atoms with Gasteiger partial charge in [0.2, 0.25) is 11.8 Å². The summed E-state index contributed by atoms with van der Waals surface area (Å²) < 4.78 is 21.3. The Morgan fingerprint density at radius 2 is 0.919 bits per heavy atom. The van der Waals surface area contributed by atoms with Gasteiger partial charge in [-0.1, -0.05) is 124 Å². The molecular formula is C56H100N2O16. The van der Waals surface area contributed by atoms with Crippen LogP contribution in [-0.2, 0) is 62.1 Å². The largest absolute Gasteiger partial charge is 0.481 e. The Bertz CT molecular complexity index is 1530. The number of Topliss-reactive ketones (excluding diaryl/α,β-unsaturated/α-hetero) is 4. The minimum absolute atomic E-state index is 0.0232. The van der Waals surface area contributed by atoms with E-state index in [-0.39, 0.29) is 139 Å². The maximum absolute atomic E-state index is 12.7. The number of carbonyl (C=O) groups is 9. The van der Waals surface area contributed by atoms with Crippen LogP contribution in [0.1, 0.15) is 221 Å². The Morgan fingerprint density at radius 1 is 0.446 bits per heavy atom. The molecule has 0 aromatic heterocycles. The Morgan fingerprint density at radius 3 is 1.42 bits per heavy atom. The van der Waals surface area contributed by atoms with E-state index in [4.69, 9.17) is 34.3 Å². The highest BCUT2D eigenvalue weighted by atomic mass is 16.5. The van der Waals surface area contributed by atoms with Crippen molar-refractivity contribution in [1.29, 1.82) is 0 Å². The summed E-state index contributed by atoms with van der Waals surface area (Å²) in [6, 6.07) is 0. The number of nitrogens with one attached hydrogen (secondary N) is 2. The van der Waals surface area contributed by atoms with Gasteiger partial charge in [0.05, 0.1) is 39.0 Å². The number of carboxylic acids is 3. The Balaban J connectivity index is 0. The molecule has 0 saturated carbocycles. The number of hydrogen-bond donors (Lipinski definition) is 5. The second kappa shape index (κ2) is 49.7. The van der Waals surface area contributed by atoms with Crippen molar-refractivity contribution in [2.75, 3.05) is 65.9 Å². The molecule has 5 N–H and O–H groups in total. The minimum atomic E-state index is -1.08. The lowest BCUT2D eigenvalue weighted by molar-refractivity contribution is -0.144. The van der Waals surface area contributed by atoms with Crippen LogP contribution in [0.25, 0.3) is 0 Å². The minimum Gasteiger partial charge on any atom is -0.481 e. The summed E-state index contributed by atoms with van der Waals surface area (Å²) in [6.07, 6.45) is 24.0. The Labute approximate surface area is 443 Å². The van der Waals surface area contributed by atoms with Crippen LogP contribution in [0.2, 0.25) is 0 Å². The zero-order valence-corrected chi connectivity index (χ0v) is 46.4. The third-order valence-corrected chi connectivity index (χ3v) is 12.3. The number of unbranched alkanes of at least 4 members (excludes halogenated alkanes) is 15. The first kappa shape index (κ1) is 71.9. The van der Waals surface area contributed by atoms with Gasteiger partial charge in [0.15, 0.2) is 0 Å². The molecule has 0 spiro atoms. The van der Waals surface area contributed by atoms with Gasteiger partial charge in [0.25, 0.3) is 0 Å². The van der Waals surface area contributed by atoms with Gasteiger partial charge in [0.1, 0.15) is 36.3 Å². The standard InChI is InChI=1S/C38H64N2O14.C18H36O2/c1-28(41)25-30(37(49)50)13-15-31(42)10-8-19-51-21-23-53-27-35(46)40-18-20-52-22-24-54-26-34(45)39-17-6-5-9-29(14-16-33(44)38(2,3)4)32(43)11-7-12-36(47)48;1-2-3-4-5-6-7-8-9-10-11-12-13-14-15-16-17-18(19)20/h29-30H,5-27H2,1-4H3,(H,39,45)(H,40,46)(H,47,48)(H,49,50);2-17H2,1H3,(H,19,20)/t29-,30-;/m1./s1. The van der Waals surface area contributed by atoms with Crippen molar-refractivity contribution in [1.82, 2.24) is 10.6 Å². The van der Waals surface area contributed by atoms with Gasteiger partial charge in [-0.15, -0.1) is 0 Å². The highest BCUT2D eigenvalue weighted by Crippen LogP contribution is 2.24. The molecule has 18 heteroatoms. The van der Waals surface area contributed by atoms with E-state index in [0.717, 1.165) is 12.8 Å². The second-order valence-corrected chi connectivity index (χ2v) is 20.4. The topological polar surface area (TPSA) is 275 Å². The van der Waals surface area contributed by atoms with Crippen LogP contribution in [-0.4, -0.2) is 134 Å². The van der Waals surface area contributed by atoms with Crippen molar-refractivity contribution in [3.05, 3.63) is 0 Å². The van der Waals surface area contributed by atoms with Crippen LogP contribution in [0, 0.1) is 17.3 Å². The van der Waals surface area contributed by atoms with Gasteiger partial charge in [-0.2, -0.15) is 0 Å². The number of carbonyl (C=O) groups excluding carboxylic acids is 6. The molecule has 2 amide bonds. The average molecular weight is 1060 g/mol. The lowest BCUT2D eigenvalue weighted by Crippen LogP contribution is -2.31. The summed E-state index contributed by atoms with van der Waals surface area (Å²) in [7, 11) is 0. The molecule has 0 saturated heterocycles. The quantitative estimate of drug-likeness (QED) is 0.0355. The summed E-state index contributed by atoms with van der Waals surface area (Å²) in [6.45, 7) is 10.9. The third-order valence-electron chi connectivity index (χ3n) is 12.3. The first-order chi connectivity index (χ1) is 35.3. The summed E-state index contributed by atoms with van der Waals surface area (Å²) in [5.74, 6) is -4.70. The number of hydrogen-bond acceptors (Lipinski definition) is 13. The molecule has 0 aromatic rings. The van der Waals surface area contributed by atoms with Crippen molar-refractivity contribution in [3.63, 3.8) is 0 Å². The predicted molar refractivity (Wildman–Crippen MR) is 284 cm³/mol. The van der Waals surface area contributed by atoms with Gasteiger partial charge in [-0.25, -0.2) is 0 Å². The van der Waals surface area contributed by atoms with E-state index in [1.807, 2.05) is 20.8 Å². The molecule has 0 heterocycles. The van der Waals surface area contributed by atoms with Crippen molar-refractivity contribution in [2.45, 2.75) is 221 Å². The van der Waals surface area contributed by atoms with Crippen molar-refractivity contribution in [2.24, 2.45) is 17.3 Å². The number of rotatable bonds is 52. The smallest absolute Gasteiger partial charge is 0.306 e. The molecule has 0 aliphatic rings. The molecule has 74 heavy (non-hydrogen) atoms. The molecule has 0 rings (SSSR count). The molecule has 430 valence electrons. The van der Waals surface area contributed by atoms with E-state index in [1.54, 1.807) is 0 Å². The molecule has 0 radical (unpaired) electrons. The van der Waals surface area contributed by atoms with Gasteiger partial charge in [-0.3, -0.25) is 38.4 Å². The highest BCUT2D eigenvalue weighted by Gasteiger charge is 2.25. The first-order valence-corrected chi connectivity index (χ1v) is 27.9. The molecule has 0 bridgehead atoms. The molecule has 0 aromatic carbocycles. The lowest BCUT2D eigenvalue weighted by Gasteiger charge is -2.20. The Kier molecular flexibility index (Phi) is 48.3. The first-order valence-electron chi connectivity index (χ1n) is 27.9. The van der Waals surface area contributed by atoms with E-state index >= 15 is 0 Å². The van der Waals surface area contributed by atoms with Crippen molar-refractivity contribution in [3.8, 4) is 0 Å². The van der Waals surface area contributed by atoms with Crippen molar-refractivity contribution >= 4 is 52.9 Å². The number of ether oxygens (including phenoxy) is 4. The SMILES string of the molecule is CC(=O)C[C@@H](CCC(=O)CCCOCCOCC(=O)NCCOCCOCC(=O)NCCCC[C@H](CCC(=O)C(C)(C)C)C(=O)CCCC(=O)O)C(=O)O.CCCCCCCCCCCCCCCCCC(=O)O. The normalized spacial score (nSPS) is 12.0. The Hall–Kier alpha value is -4.13. The monoisotopic (exact) mass is 1060 g/mol. The fraction of sp³-hybridized carbons (Fsp3) is 0.839. The molecular weight excluding hydrogens is 957 g/mol. The number of ketones is 4. The van der Waals surface area contributed by atoms with Gasteiger partial charge in [-0.05, 0) is 51.9 Å². The number of carboxylic acid groups (broad SMARTS) is 3. The van der Waals surface area contributed by atoms with Crippen LogP contribution in [0.3, 0.4) is 0 Å². The molecule has 0 aliphatic heterocycles. The molecule has 0 aliphatic carbocycles. The van der Waals surface area contributed by atoms with E-state index in [2.05, 4.69) is 17.6 Å². The van der Waals surface area contributed by atoms with E-state index < -0.39 is 29.2 Å². The van der Waals surface area contributed by atoms with Gasteiger partial charge < -0.3 is 49.7 Å². The number of aliphatic carboxylic acids is 3. The number of amides is 2. The van der Waals surface area contributed by atoms with Crippen LogP contribution >= 0.6 is 0 Å². The fourth-order valence-electron chi connectivity index (χ4n) is 7.78. The van der Waals surface area contributed by atoms with Gasteiger partial charge in [0, 0.05) is 76.0 Å². The second-order valence-electron chi connectivity index (χ2n) is 20.4. The zero-order valence-electron chi connectivity index (χ0n) is 46.4. The summed E-state index contributed by atoms with van der Waals surface area (Å²) in [5, 5.41) is 31.9. The van der Waals surface area contributed by atoms with E-state index in [9.17, 15) is 43.2 Å². The predicted octanol–water partition coefficient (Wildman–Crippen LogP) is 9.43. The zero-order chi connectivity index (χ0) is 55.7. The maximum Gasteiger partial charge on any atom is 0.306 e. The molecule has 2 atom stereocenters. The summed E-state index contributed by atoms with van der Waals surface area (Å²) >= 11 is 0. The van der Waals surface area contributed by atoms with Crippen LogP contribution in [0.5, 0.6) is 0 Å². The summed E-state index contributed by atoms with van der Waals surface area (Å²) in [5.41, 5.74) is -0.488. The van der Waals surface area contributed by atoms with Crippen molar-refractivity contribution < 1.29 is 77.4 Å². The highest BCUT2D eigenvalue weighted by molar-refractivity contribution is 5.86. The van der Waals surface area contributed by atoms with E-state index in [0.29, 0.717) is 58.1 Å². The molecule has 18 nitrogen and oxygen atoms in total. The maximum atomic E-state index is 12.7. The van der Waals surface area contributed by atoms with Crippen LogP contribution in [0.4, 0.5) is 0 Å². The third kappa shape index (κ3) is 51.4. The lowest BCUT2D eigenvalue weighted by atomic mass is 9.83.